The predicted molar refractivity (Wildman–Crippen MR) is 78.0 cm³/mol. The molecular weight excluding hydrogens is 263 g/mol. The van der Waals surface area contributed by atoms with E-state index < -0.39 is 0 Å². The minimum Gasteiger partial charge on any atom is -0.315 e. The predicted octanol–water partition coefficient (Wildman–Crippen LogP) is 3.44. The normalized spacial score (nSPS) is 20.7. The van der Waals surface area contributed by atoms with Crippen molar-refractivity contribution in [1.82, 2.24) is 10.2 Å². The van der Waals surface area contributed by atoms with Gasteiger partial charge in [-0.05, 0) is 43.6 Å². The third-order valence-corrected chi connectivity index (χ3v) is 4.06. The minimum absolute atomic E-state index is 0.201. The molecule has 1 saturated heterocycles. The maximum Gasteiger partial charge on any atom is 0.142 e. The summed E-state index contributed by atoms with van der Waals surface area (Å²) in [5.41, 5.74) is 1.00. The highest BCUT2D eigenvalue weighted by atomic mass is 35.5. The van der Waals surface area contributed by atoms with Gasteiger partial charge in [0.05, 0.1) is 5.02 Å². The van der Waals surface area contributed by atoms with Crippen LogP contribution in [0.2, 0.25) is 5.02 Å². The van der Waals surface area contributed by atoms with E-state index in [0.29, 0.717) is 6.04 Å². The van der Waals surface area contributed by atoms with E-state index in [9.17, 15) is 4.39 Å². The van der Waals surface area contributed by atoms with Crippen LogP contribution in [0.25, 0.3) is 0 Å². The average molecular weight is 285 g/mol. The van der Waals surface area contributed by atoms with Crippen LogP contribution in [0.4, 0.5) is 4.39 Å². The monoisotopic (exact) mass is 284 g/mol. The van der Waals surface area contributed by atoms with Gasteiger partial charge < -0.3 is 5.32 Å². The summed E-state index contributed by atoms with van der Waals surface area (Å²) in [5, 5.41) is 3.62. The van der Waals surface area contributed by atoms with Gasteiger partial charge in [-0.15, -0.1) is 0 Å². The zero-order valence-corrected chi connectivity index (χ0v) is 12.2. The molecule has 1 unspecified atom stereocenters. The lowest BCUT2D eigenvalue weighted by Gasteiger charge is -2.36. The van der Waals surface area contributed by atoms with Crippen molar-refractivity contribution in [2.45, 2.75) is 38.8 Å². The van der Waals surface area contributed by atoms with Gasteiger partial charge in [0.2, 0.25) is 0 Å². The van der Waals surface area contributed by atoms with Crippen molar-refractivity contribution in [1.29, 1.82) is 0 Å². The van der Waals surface area contributed by atoms with Gasteiger partial charge in [-0.2, -0.15) is 0 Å². The topological polar surface area (TPSA) is 15.3 Å². The third-order valence-electron chi connectivity index (χ3n) is 3.75. The number of rotatable bonds is 5. The van der Waals surface area contributed by atoms with Gasteiger partial charge in [-0.1, -0.05) is 31.0 Å². The lowest BCUT2D eigenvalue weighted by atomic mass is 10.0. The van der Waals surface area contributed by atoms with Crippen LogP contribution in [0.3, 0.4) is 0 Å². The van der Waals surface area contributed by atoms with Crippen molar-refractivity contribution in [2.24, 2.45) is 0 Å². The molecule has 0 aliphatic carbocycles. The fourth-order valence-electron chi connectivity index (χ4n) is 2.68. The van der Waals surface area contributed by atoms with E-state index in [2.05, 4.69) is 17.1 Å². The van der Waals surface area contributed by atoms with E-state index in [-0.39, 0.29) is 10.8 Å². The molecule has 1 aromatic carbocycles. The van der Waals surface area contributed by atoms with Crippen molar-refractivity contribution < 1.29 is 4.39 Å². The first kappa shape index (κ1) is 14.8. The van der Waals surface area contributed by atoms with Crippen LogP contribution in [-0.2, 0) is 6.54 Å². The van der Waals surface area contributed by atoms with Gasteiger partial charge in [0.1, 0.15) is 5.82 Å². The molecule has 1 fully saturated rings. The molecule has 2 rings (SSSR count). The van der Waals surface area contributed by atoms with E-state index in [1.54, 1.807) is 12.1 Å². The minimum atomic E-state index is -0.320. The maximum absolute atomic E-state index is 13.5. The number of piperidine rings is 1. The summed E-state index contributed by atoms with van der Waals surface area (Å²) in [4.78, 5) is 2.45. The number of benzene rings is 1. The molecule has 0 radical (unpaired) electrons. The number of halogens is 2. The number of nitrogens with zero attached hydrogens (tertiary/aromatic N) is 1. The molecule has 0 aromatic heterocycles. The molecule has 1 aliphatic heterocycles. The summed E-state index contributed by atoms with van der Waals surface area (Å²) in [7, 11) is 0. The van der Waals surface area contributed by atoms with Crippen molar-refractivity contribution in [3.8, 4) is 0 Å². The quantitative estimate of drug-likeness (QED) is 0.891. The van der Waals surface area contributed by atoms with E-state index in [0.717, 1.165) is 31.7 Å². The Morgan fingerprint density at radius 3 is 3.00 bits per heavy atom. The van der Waals surface area contributed by atoms with Gasteiger partial charge >= 0.3 is 0 Å². The summed E-state index contributed by atoms with van der Waals surface area (Å²) in [6.07, 6.45) is 3.75. The summed E-state index contributed by atoms with van der Waals surface area (Å²) in [6.45, 7) is 6.05. The van der Waals surface area contributed by atoms with Crippen molar-refractivity contribution >= 4 is 11.6 Å². The highest BCUT2D eigenvalue weighted by Gasteiger charge is 2.22. The standard InChI is InChI=1S/C15H22ClFN2/c1-2-18-10-13-5-3-4-8-19(13)11-12-6-7-14(16)15(17)9-12/h6-7,9,13,18H,2-5,8,10-11H2,1H3. The maximum atomic E-state index is 13.5. The Morgan fingerprint density at radius 1 is 1.42 bits per heavy atom. The molecule has 0 saturated carbocycles. The second kappa shape index (κ2) is 7.22. The Balaban J connectivity index is 1.99. The lowest BCUT2D eigenvalue weighted by molar-refractivity contribution is 0.138. The van der Waals surface area contributed by atoms with E-state index in [4.69, 9.17) is 11.6 Å². The molecule has 1 N–H and O–H groups in total. The van der Waals surface area contributed by atoms with Crippen LogP contribution < -0.4 is 5.32 Å². The summed E-state index contributed by atoms with van der Waals surface area (Å²) in [6, 6.07) is 5.69. The van der Waals surface area contributed by atoms with Gasteiger partial charge in [-0.25, -0.2) is 4.39 Å². The highest BCUT2D eigenvalue weighted by molar-refractivity contribution is 6.30. The van der Waals surface area contributed by atoms with Gasteiger partial charge in [0.15, 0.2) is 0 Å². The summed E-state index contributed by atoms with van der Waals surface area (Å²) >= 11 is 5.72. The van der Waals surface area contributed by atoms with Crippen molar-refractivity contribution in [2.75, 3.05) is 19.6 Å². The van der Waals surface area contributed by atoms with Gasteiger partial charge in [0, 0.05) is 19.1 Å². The molecular formula is C15H22ClFN2. The Labute approximate surface area is 119 Å². The second-order valence-corrected chi connectivity index (χ2v) is 5.58. The fourth-order valence-corrected chi connectivity index (χ4v) is 2.80. The number of likely N-dealkylation sites (N-methyl/N-ethyl adjacent to an activating group) is 1. The number of hydrogen-bond acceptors (Lipinski definition) is 2. The molecule has 1 atom stereocenters. The molecule has 0 bridgehead atoms. The first-order valence-electron chi connectivity index (χ1n) is 7.09. The van der Waals surface area contributed by atoms with Crippen molar-refractivity contribution in [3.63, 3.8) is 0 Å². The van der Waals surface area contributed by atoms with Crippen molar-refractivity contribution in [3.05, 3.63) is 34.6 Å². The Hall–Kier alpha value is -0.640. The summed E-state index contributed by atoms with van der Waals surface area (Å²) in [5.74, 6) is -0.320. The molecule has 1 aliphatic rings. The Bertz CT molecular complexity index is 411. The SMILES string of the molecule is CCNCC1CCCCN1Cc1ccc(Cl)c(F)c1. The van der Waals surface area contributed by atoms with E-state index >= 15 is 0 Å². The third kappa shape index (κ3) is 4.16. The number of hydrogen-bond donors (Lipinski definition) is 1. The molecule has 0 amide bonds. The molecule has 106 valence electrons. The van der Waals surface area contributed by atoms with Gasteiger partial charge in [0.25, 0.3) is 0 Å². The lowest BCUT2D eigenvalue weighted by Crippen LogP contribution is -2.44. The largest absolute Gasteiger partial charge is 0.315 e. The van der Waals surface area contributed by atoms with E-state index in [1.807, 2.05) is 6.07 Å². The first-order valence-corrected chi connectivity index (χ1v) is 7.47. The Kier molecular flexibility index (Phi) is 5.61. The number of likely N-dealkylation sites (tertiary alicyclic amines) is 1. The molecule has 0 spiro atoms. The second-order valence-electron chi connectivity index (χ2n) is 5.18. The molecule has 19 heavy (non-hydrogen) atoms. The molecule has 1 heterocycles. The number of nitrogens with one attached hydrogen (secondary N) is 1. The van der Waals surface area contributed by atoms with Crippen LogP contribution in [0.15, 0.2) is 18.2 Å². The molecule has 1 aromatic rings. The summed E-state index contributed by atoms with van der Waals surface area (Å²) < 4.78 is 13.5. The zero-order valence-electron chi connectivity index (χ0n) is 11.5. The van der Waals surface area contributed by atoms with Crippen LogP contribution >= 0.6 is 11.6 Å². The van der Waals surface area contributed by atoms with E-state index in [1.165, 1.54) is 19.3 Å². The van der Waals surface area contributed by atoms with Crippen LogP contribution in [0.5, 0.6) is 0 Å². The van der Waals surface area contributed by atoms with Crippen LogP contribution in [0, 0.1) is 5.82 Å². The zero-order chi connectivity index (χ0) is 13.7. The first-order chi connectivity index (χ1) is 9.20. The highest BCUT2D eigenvalue weighted by Crippen LogP contribution is 2.21. The molecule has 2 nitrogen and oxygen atoms in total. The van der Waals surface area contributed by atoms with Gasteiger partial charge in [-0.3, -0.25) is 4.90 Å². The molecule has 4 heteroatoms. The van der Waals surface area contributed by atoms with Crippen LogP contribution in [-0.4, -0.2) is 30.6 Å². The Morgan fingerprint density at radius 2 is 2.26 bits per heavy atom. The average Bonchev–Trinajstić information content (AvgIpc) is 2.42. The fraction of sp³-hybridized carbons (Fsp3) is 0.600. The smallest absolute Gasteiger partial charge is 0.142 e. The van der Waals surface area contributed by atoms with Crippen LogP contribution in [0.1, 0.15) is 31.7 Å².